The Bertz CT molecular complexity index is 1720. The van der Waals surface area contributed by atoms with Gasteiger partial charge in [0.1, 0.15) is 11.5 Å². The van der Waals surface area contributed by atoms with Crippen LogP contribution >= 0.6 is 21.6 Å². The van der Waals surface area contributed by atoms with Gasteiger partial charge in [-0.2, -0.15) is 0 Å². The Kier molecular flexibility index (Phi) is 8.87. The molecule has 4 N–H and O–H groups in total. The lowest BCUT2D eigenvalue weighted by Gasteiger charge is -2.57. The van der Waals surface area contributed by atoms with Crippen molar-refractivity contribution in [3.8, 4) is 0 Å². The Hall–Kier alpha value is -2.40. The second kappa shape index (κ2) is 13.2. The van der Waals surface area contributed by atoms with E-state index in [1.807, 2.05) is 6.92 Å². The van der Waals surface area contributed by atoms with E-state index in [0.29, 0.717) is 12.5 Å². The molecule has 0 radical (unpaired) electrons. The van der Waals surface area contributed by atoms with Crippen LogP contribution in [-0.2, 0) is 19.1 Å². The second-order valence-corrected chi connectivity index (χ2v) is 19.3. The fraction of sp³-hybridized carbons (Fsp3) is 0.659. The molecule has 1 saturated heterocycles. The number of allylic oxidation sites excluding steroid dienone is 7. The highest BCUT2D eigenvalue weighted by Crippen LogP contribution is 2.72. The van der Waals surface area contributed by atoms with Crippen molar-refractivity contribution in [3.63, 3.8) is 0 Å². The summed E-state index contributed by atoms with van der Waals surface area (Å²) in [5.74, 6) is 4.02. The van der Waals surface area contributed by atoms with Gasteiger partial charge in [0.15, 0.2) is 0 Å². The first-order chi connectivity index (χ1) is 24.7. The van der Waals surface area contributed by atoms with Gasteiger partial charge in [0.05, 0.1) is 34.2 Å². The highest BCUT2D eigenvalue weighted by molar-refractivity contribution is 8.76. The number of hydrogen-bond donors (Lipinski definition) is 4. The number of hydrogen-bond acceptors (Lipinski definition) is 10. The number of nitrogens with one attached hydrogen (secondary N) is 3. The summed E-state index contributed by atoms with van der Waals surface area (Å²) in [6.45, 7) is 7.61. The van der Waals surface area contributed by atoms with Crippen LogP contribution in [-0.4, -0.2) is 47.5 Å². The van der Waals surface area contributed by atoms with Gasteiger partial charge < -0.3 is 30.5 Å². The van der Waals surface area contributed by atoms with Crippen molar-refractivity contribution in [2.75, 3.05) is 19.0 Å². The minimum Gasteiger partial charge on any atom is -0.427 e. The average Bonchev–Trinajstić information content (AvgIpc) is 3.83. The quantitative estimate of drug-likeness (QED) is 0.170. The molecular weight excluding hydrogens is 679 g/mol. The van der Waals surface area contributed by atoms with E-state index >= 15 is 0 Å². The SMILES string of the molecule is CCC1(C2=C3OC(=O)C4=C3[C@@H](CC2)C[C@H]2[C@@H]3CC[C@@]5(C6=C3CC3=CCNC(=C3)NCSS[C@@H](NC[C@H](C)O)[C@H](C)C/C=C/5OC6=O)[C@@H]42)CCCC1. The molecule has 1 spiro atoms. The van der Waals surface area contributed by atoms with Gasteiger partial charge in [-0.15, -0.1) is 0 Å². The summed E-state index contributed by atoms with van der Waals surface area (Å²) in [7, 11) is 3.55. The molecule has 0 unspecified atom stereocenters. The molecule has 6 aliphatic carbocycles. The van der Waals surface area contributed by atoms with Crippen LogP contribution in [0.1, 0.15) is 97.8 Å². The molecule has 10 rings (SSSR count). The van der Waals surface area contributed by atoms with Crippen LogP contribution in [0.15, 0.2) is 69.0 Å². The van der Waals surface area contributed by atoms with Crippen molar-refractivity contribution in [1.82, 2.24) is 16.0 Å². The molecule has 7 bridgehead atoms. The number of carbonyl (C=O) groups excluding carboxylic acids is 2. The highest BCUT2D eigenvalue weighted by atomic mass is 33.1. The first-order valence-electron chi connectivity index (χ1n) is 19.7. The molecule has 2 saturated carbocycles. The predicted molar refractivity (Wildman–Crippen MR) is 201 cm³/mol. The maximum atomic E-state index is 14.5. The van der Waals surface area contributed by atoms with E-state index in [1.54, 1.807) is 21.6 Å². The lowest BCUT2D eigenvalue weighted by atomic mass is 9.43. The standard InChI is InChI=1S/C41H53N3O5S2/c1-4-40(13-5-6-14-40)29-9-8-25-19-28-26-11-15-41(34(28)33-32(25)36(29)49-38(33)46)30-10-7-22(2)37(43-20-23(3)45)51-50-21-44-31-18-24(12-16-42-31)17-27(26)35(41)39(47)48-30/h10,12,18,22-23,25-26,28,34,37,42-45H,4-9,11,13-17,19-21H2,1-3H3/b30-10-/t22-,23+,25+,26-,28+,34-,37-,41+/m1/s1. The number of aliphatic hydroxyl groups is 1. The Morgan fingerprint density at radius 3 is 2.73 bits per heavy atom. The third-order valence-corrected chi connectivity index (χ3v) is 16.8. The Morgan fingerprint density at radius 1 is 1.08 bits per heavy atom. The Labute approximate surface area is 310 Å². The minimum atomic E-state index is -0.652. The van der Waals surface area contributed by atoms with E-state index in [0.717, 1.165) is 92.3 Å². The van der Waals surface area contributed by atoms with E-state index in [1.165, 1.54) is 48.0 Å². The van der Waals surface area contributed by atoms with Crippen molar-refractivity contribution in [2.45, 2.75) is 109 Å². The fourth-order valence-corrected chi connectivity index (χ4v) is 14.4. The molecule has 0 amide bonds. The smallest absolute Gasteiger partial charge is 0.340 e. The number of fused-ring (bicyclic) bond motifs is 2. The van der Waals surface area contributed by atoms with Crippen LogP contribution in [0.4, 0.5) is 0 Å². The summed E-state index contributed by atoms with van der Waals surface area (Å²) in [6.07, 6.45) is 18.6. The number of carbonyl (C=O) groups is 2. The van der Waals surface area contributed by atoms with Gasteiger partial charge in [-0.3, -0.25) is 0 Å². The summed E-state index contributed by atoms with van der Waals surface area (Å²) < 4.78 is 13.0. The molecule has 10 heteroatoms. The zero-order chi connectivity index (χ0) is 35.1. The molecule has 0 aromatic heterocycles. The molecule has 274 valence electrons. The van der Waals surface area contributed by atoms with Gasteiger partial charge in [0.25, 0.3) is 0 Å². The zero-order valence-electron chi connectivity index (χ0n) is 30.3. The molecule has 0 aromatic rings. The van der Waals surface area contributed by atoms with E-state index in [2.05, 4.69) is 48.0 Å². The predicted octanol–water partition coefficient (Wildman–Crippen LogP) is 7.28. The van der Waals surface area contributed by atoms with E-state index in [9.17, 15) is 14.7 Å². The zero-order valence-corrected chi connectivity index (χ0v) is 31.9. The first-order valence-corrected chi connectivity index (χ1v) is 22.1. The molecule has 51 heavy (non-hydrogen) atoms. The molecule has 3 fully saturated rings. The molecule has 10 aliphatic rings. The monoisotopic (exact) mass is 731 g/mol. The number of esters is 2. The number of aliphatic hydroxyl groups excluding tert-OH is 1. The molecular formula is C41H53N3O5S2. The van der Waals surface area contributed by atoms with Gasteiger partial charge >= 0.3 is 11.9 Å². The normalized spacial score (nSPS) is 38.5. The highest BCUT2D eigenvalue weighted by Gasteiger charge is 2.69. The largest absolute Gasteiger partial charge is 0.427 e. The lowest BCUT2D eigenvalue weighted by molar-refractivity contribution is -0.135. The van der Waals surface area contributed by atoms with E-state index in [4.69, 9.17) is 9.47 Å². The van der Waals surface area contributed by atoms with Crippen LogP contribution in [0, 0.1) is 40.4 Å². The van der Waals surface area contributed by atoms with Crippen molar-refractivity contribution < 1.29 is 24.2 Å². The Morgan fingerprint density at radius 2 is 1.92 bits per heavy atom. The summed E-state index contributed by atoms with van der Waals surface area (Å²) in [5, 5.41) is 20.9. The van der Waals surface area contributed by atoms with Gasteiger partial charge in [-0.05, 0) is 124 Å². The van der Waals surface area contributed by atoms with Crippen molar-refractivity contribution in [2.24, 2.45) is 40.4 Å². The van der Waals surface area contributed by atoms with Gasteiger partial charge in [0.2, 0.25) is 0 Å². The minimum absolute atomic E-state index is 0.0786. The number of dihydropyridines is 1. The van der Waals surface area contributed by atoms with Crippen LogP contribution < -0.4 is 16.0 Å². The van der Waals surface area contributed by atoms with Crippen LogP contribution in [0.2, 0.25) is 0 Å². The average molecular weight is 732 g/mol. The summed E-state index contributed by atoms with van der Waals surface area (Å²) in [4.78, 5) is 28.8. The maximum absolute atomic E-state index is 14.5. The fourth-order valence-electron chi connectivity index (χ4n) is 11.9. The van der Waals surface area contributed by atoms with Crippen molar-refractivity contribution in [1.29, 1.82) is 0 Å². The topological polar surface area (TPSA) is 109 Å². The summed E-state index contributed by atoms with van der Waals surface area (Å²) in [5.41, 5.74) is 6.32. The third-order valence-electron chi connectivity index (χ3n) is 14.2. The lowest BCUT2D eigenvalue weighted by Crippen LogP contribution is -2.53. The molecule has 8 atom stereocenters. The maximum Gasteiger partial charge on any atom is 0.340 e. The third kappa shape index (κ3) is 5.38. The second-order valence-electron chi connectivity index (χ2n) is 16.8. The molecule has 4 aliphatic heterocycles. The van der Waals surface area contributed by atoms with Crippen molar-refractivity contribution >= 4 is 33.5 Å². The van der Waals surface area contributed by atoms with E-state index < -0.39 is 11.5 Å². The first kappa shape index (κ1) is 34.4. The van der Waals surface area contributed by atoms with Gasteiger partial charge in [-0.1, -0.05) is 59.9 Å². The van der Waals surface area contributed by atoms with Crippen LogP contribution in [0.3, 0.4) is 0 Å². The number of rotatable bonds is 5. The van der Waals surface area contributed by atoms with Crippen LogP contribution in [0.25, 0.3) is 0 Å². The van der Waals surface area contributed by atoms with Crippen LogP contribution in [0.5, 0.6) is 0 Å². The van der Waals surface area contributed by atoms with Gasteiger partial charge in [-0.25, -0.2) is 9.59 Å². The molecule has 8 nitrogen and oxygen atoms in total. The Balaban J connectivity index is 1.20. The van der Waals surface area contributed by atoms with E-state index in [-0.39, 0.29) is 46.4 Å². The number of ether oxygens (including phenoxy) is 2. The van der Waals surface area contributed by atoms with Crippen molar-refractivity contribution in [3.05, 3.63) is 69.0 Å². The summed E-state index contributed by atoms with van der Waals surface area (Å²) >= 11 is 0. The summed E-state index contributed by atoms with van der Waals surface area (Å²) in [6, 6.07) is 0. The molecule has 0 aromatic carbocycles. The molecule has 4 heterocycles. The van der Waals surface area contributed by atoms with Gasteiger partial charge in [0, 0.05) is 30.2 Å².